The molecular formula is C18H36N2O. The highest BCUT2D eigenvalue weighted by Gasteiger charge is 2.36. The van der Waals surface area contributed by atoms with Crippen molar-refractivity contribution in [3.8, 4) is 0 Å². The van der Waals surface area contributed by atoms with E-state index in [9.17, 15) is 5.11 Å². The molecule has 3 heteroatoms. The molecule has 1 N–H and O–H groups in total. The third kappa shape index (κ3) is 4.94. The number of hydrogen-bond donors (Lipinski definition) is 1. The minimum atomic E-state index is -0.453. The van der Waals surface area contributed by atoms with E-state index in [4.69, 9.17) is 0 Å². The number of aliphatic hydroxyl groups is 1. The summed E-state index contributed by atoms with van der Waals surface area (Å²) in [5.74, 6) is 1.14. The predicted molar refractivity (Wildman–Crippen MR) is 89.5 cm³/mol. The van der Waals surface area contributed by atoms with Crippen molar-refractivity contribution in [2.24, 2.45) is 11.8 Å². The van der Waals surface area contributed by atoms with Crippen molar-refractivity contribution in [2.45, 2.75) is 64.4 Å². The monoisotopic (exact) mass is 296 g/mol. The quantitative estimate of drug-likeness (QED) is 0.816. The molecule has 2 aliphatic rings. The van der Waals surface area contributed by atoms with Gasteiger partial charge in [-0.2, -0.15) is 0 Å². The first-order valence-corrected chi connectivity index (χ1v) is 9.17. The Kier molecular flexibility index (Phi) is 6.51. The Labute approximate surface area is 131 Å². The number of nitrogens with zero attached hydrogens (tertiary/aromatic N) is 2. The van der Waals surface area contributed by atoms with Gasteiger partial charge in [-0.1, -0.05) is 46.0 Å². The summed E-state index contributed by atoms with van der Waals surface area (Å²) in [7, 11) is 2.20. The summed E-state index contributed by atoms with van der Waals surface area (Å²) in [4.78, 5) is 4.95. The van der Waals surface area contributed by atoms with Gasteiger partial charge in [-0.15, -0.1) is 0 Å². The molecule has 2 unspecified atom stereocenters. The molecular weight excluding hydrogens is 260 g/mol. The van der Waals surface area contributed by atoms with E-state index >= 15 is 0 Å². The summed E-state index contributed by atoms with van der Waals surface area (Å²) in [5, 5.41) is 11.2. The van der Waals surface area contributed by atoms with Crippen LogP contribution in [0.2, 0.25) is 0 Å². The standard InChI is InChI=1S/C18H36N2O/c1-4-18(21,14-17-8-6-5-7-9-17)16(2)15-20-12-10-19(3)11-13-20/h16-17,21H,4-15H2,1-3H3. The van der Waals surface area contributed by atoms with Crippen LogP contribution in [0.4, 0.5) is 0 Å². The fourth-order valence-corrected chi connectivity index (χ4v) is 4.17. The smallest absolute Gasteiger partial charge is 0.0685 e. The number of rotatable bonds is 6. The largest absolute Gasteiger partial charge is 0.390 e. The molecule has 0 aromatic heterocycles. The zero-order valence-electron chi connectivity index (χ0n) is 14.5. The van der Waals surface area contributed by atoms with E-state index in [0.29, 0.717) is 5.92 Å². The molecule has 1 aliphatic heterocycles. The molecule has 124 valence electrons. The molecule has 1 heterocycles. The lowest BCUT2D eigenvalue weighted by molar-refractivity contribution is -0.0529. The molecule has 0 radical (unpaired) electrons. The molecule has 0 aromatic rings. The Morgan fingerprint density at radius 1 is 1.10 bits per heavy atom. The van der Waals surface area contributed by atoms with E-state index in [1.165, 1.54) is 45.2 Å². The Hall–Kier alpha value is -0.120. The third-order valence-electron chi connectivity index (χ3n) is 6.02. The van der Waals surface area contributed by atoms with Crippen LogP contribution in [-0.2, 0) is 0 Å². The Morgan fingerprint density at radius 3 is 2.29 bits per heavy atom. The first-order valence-electron chi connectivity index (χ1n) is 9.17. The molecule has 3 nitrogen and oxygen atoms in total. The second-order valence-electron chi connectivity index (χ2n) is 7.67. The lowest BCUT2D eigenvalue weighted by Gasteiger charge is -2.41. The van der Waals surface area contributed by atoms with Crippen molar-refractivity contribution in [3.63, 3.8) is 0 Å². The van der Waals surface area contributed by atoms with Gasteiger partial charge in [0.15, 0.2) is 0 Å². The van der Waals surface area contributed by atoms with Gasteiger partial charge in [0.2, 0.25) is 0 Å². The average Bonchev–Trinajstić information content (AvgIpc) is 2.50. The highest BCUT2D eigenvalue weighted by atomic mass is 16.3. The van der Waals surface area contributed by atoms with Crippen LogP contribution in [0.3, 0.4) is 0 Å². The summed E-state index contributed by atoms with van der Waals surface area (Å²) in [6, 6.07) is 0. The van der Waals surface area contributed by atoms with Crippen LogP contribution in [0, 0.1) is 11.8 Å². The maximum Gasteiger partial charge on any atom is 0.0685 e. The number of piperazine rings is 1. The maximum absolute atomic E-state index is 11.2. The minimum absolute atomic E-state index is 0.382. The Morgan fingerprint density at radius 2 is 1.71 bits per heavy atom. The van der Waals surface area contributed by atoms with Crippen molar-refractivity contribution in [1.29, 1.82) is 0 Å². The van der Waals surface area contributed by atoms with E-state index in [1.54, 1.807) is 0 Å². The summed E-state index contributed by atoms with van der Waals surface area (Å²) >= 11 is 0. The van der Waals surface area contributed by atoms with Crippen LogP contribution in [0.25, 0.3) is 0 Å². The molecule has 2 atom stereocenters. The molecule has 0 aromatic carbocycles. The minimum Gasteiger partial charge on any atom is -0.390 e. The van der Waals surface area contributed by atoms with Crippen LogP contribution in [-0.4, -0.2) is 60.3 Å². The van der Waals surface area contributed by atoms with E-state index < -0.39 is 5.60 Å². The summed E-state index contributed by atoms with van der Waals surface area (Å²) in [6.07, 6.45) is 8.75. The second-order valence-corrected chi connectivity index (χ2v) is 7.67. The lowest BCUT2D eigenvalue weighted by atomic mass is 9.74. The van der Waals surface area contributed by atoms with Gasteiger partial charge in [-0.3, -0.25) is 0 Å². The van der Waals surface area contributed by atoms with Crippen molar-refractivity contribution in [3.05, 3.63) is 0 Å². The van der Waals surface area contributed by atoms with Gasteiger partial charge in [0.25, 0.3) is 0 Å². The molecule has 21 heavy (non-hydrogen) atoms. The van der Waals surface area contributed by atoms with Gasteiger partial charge >= 0.3 is 0 Å². The molecule has 0 amide bonds. The van der Waals surface area contributed by atoms with Crippen LogP contribution >= 0.6 is 0 Å². The number of hydrogen-bond acceptors (Lipinski definition) is 3. The molecule has 0 spiro atoms. The fraction of sp³-hybridized carbons (Fsp3) is 1.00. The van der Waals surface area contributed by atoms with Crippen LogP contribution in [0.15, 0.2) is 0 Å². The van der Waals surface area contributed by atoms with Gasteiger partial charge in [-0.05, 0) is 31.7 Å². The van der Waals surface area contributed by atoms with Gasteiger partial charge in [-0.25, -0.2) is 0 Å². The SMILES string of the molecule is CCC(O)(CC1CCCCC1)C(C)CN1CCN(C)CC1. The Balaban J connectivity index is 1.85. The van der Waals surface area contributed by atoms with E-state index in [0.717, 1.165) is 38.4 Å². The normalized spacial score (nSPS) is 27.4. The third-order valence-corrected chi connectivity index (χ3v) is 6.02. The Bertz CT molecular complexity index is 296. The molecule has 1 aliphatic carbocycles. The van der Waals surface area contributed by atoms with E-state index in [2.05, 4.69) is 30.7 Å². The van der Waals surface area contributed by atoms with E-state index in [1.807, 2.05) is 0 Å². The molecule has 2 fully saturated rings. The lowest BCUT2D eigenvalue weighted by Crippen LogP contribution is -2.50. The second kappa shape index (κ2) is 7.94. The molecule has 1 saturated carbocycles. The highest BCUT2D eigenvalue weighted by molar-refractivity contribution is 4.88. The average molecular weight is 296 g/mol. The van der Waals surface area contributed by atoms with Gasteiger partial charge in [0.05, 0.1) is 5.60 Å². The zero-order chi connectivity index (χ0) is 15.3. The summed E-state index contributed by atoms with van der Waals surface area (Å²) < 4.78 is 0. The first kappa shape index (κ1) is 17.2. The van der Waals surface area contributed by atoms with Crippen LogP contribution in [0.5, 0.6) is 0 Å². The van der Waals surface area contributed by atoms with Crippen molar-refractivity contribution >= 4 is 0 Å². The maximum atomic E-state index is 11.2. The van der Waals surface area contributed by atoms with Crippen molar-refractivity contribution < 1.29 is 5.11 Å². The topological polar surface area (TPSA) is 26.7 Å². The molecule has 1 saturated heterocycles. The number of likely N-dealkylation sites (N-methyl/N-ethyl adjacent to an activating group) is 1. The fourth-order valence-electron chi connectivity index (χ4n) is 4.17. The summed E-state index contributed by atoms with van der Waals surface area (Å²) in [5.41, 5.74) is -0.453. The van der Waals surface area contributed by atoms with E-state index in [-0.39, 0.29) is 0 Å². The van der Waals surface area contributed by atoms with Crippen molar-refractivity contribution in [1.82, 2.24) is 9.80 Å². The molecule has 0 bridgehead atoms. The van der Waals surface area contributed by atoms with Crippen molar-refractivity contribution in [2.75, 3.05) is 39.8 Å². The first-order chi connectivity index (χ1) is 10.0. The summed E-state index contributed by atoms with van der Waals surface area (Å²) in [6.45, 7) is 10.1. The molecule has 2 rings (SSSR count). The van der Waals surface area contributed by atoms with Gasteiger partial charge < -0.3 is 14.9 Å². The van der Waals surface area contributed by atoms with Crippen LogP contribution in [0.1, 0.15) is 58.8 Å². The van der Waals surface area contributed by atoms with Gasteiger partial charge in [0, 0.05) is 32.7 Å². The van der Waals surface area contributed by atoms with Crippen LogP contribution < -0.4 is 0 Å². The zero-order valence-corrected chi connectivity index (χ0v) is 14.5. The predicted octanol–water partition coefficient (Wildman–Crippen LogP) is 2.98. The van der Waals surface area contributed by atoms with Gasteiger partial charge in [0.1, 0.15) is 0 Å². The highest BCUT2D eigenvalue weighted by Crippen LogP contribution is 2.36.